The van der Waals surface area contributed by atoms with Gasteiger partial charge in [-0.25, -0.2) is 0 Å². The van der Waals surface area contributed by atoms with E-state index in [9.17, 15) is 4.79 Å². The van der Waals surface area contributed by atoms with Crippen LogP contribution in [-0.4, -0.2) is 13.1 Å². The number of methoxy groups -OCH3 is 1. The van der Waals surface area contributed by atoms with Crippen LogP contribution in [0.5, 0.6) is 0 Å². The molecule has 0 aliphatic carbocycles. The number of esters is 1. The first-order valence-electron chi connectivity index (χ1n) is 20.5. The average molecular weight is 619 g/mol. The number of hydrogen-bond donors (Lipinski definition) is 0. The standard InChI is InChI=1S/C42H82O2/c1-4-6-8-10-12-14-16-18-19-20-21-22-23-24-25-26-27-28-30-32-34-36-38-40-41(42(43)44-3)39-37-35-33-31-29-17-15-13-11-9-7-5-2/h15,17,41H,4-14,16,18-40H2,1-3H3/b17-15-. The summed E-state index contributed by atoms with van der Waals surface area (Å²) < 4.78 is 5.12. The number of rotatable bonds is 37. The molecule has 0 saturated carbocycles. The molecule has 0 radical (unpaired) electrons. The summed E-state index contributed by atoms with van der Waals surface area (Å²) in [4.78, 5) is 12.3. The third kappa shape index (κ3) is 34.1. The number of carbonyl (C=O) groups is 1. The fourth-order valence-electron chi connectivity index (χ4n) is 6.65. The Kier molecular flexibility index (Phi) is 37.7. The van der Waals surface area contributed by atoms with Gasteiger partial charge in [-0.05, 0) is 38.5 Å². The van der Waals surface area contributed by atoms with Crippen LogP contribution in [0.4, 0.5) is 0 Å². The average Bonchev–Trinajstić information content (AvgIpc) is 3.04. The van der Waals surface area contributed by atoms with E-state index in [1.165, 1.54) is 212 Å². The highest BCUT2D eigenvalue weighted by Gasteiger charge is 2.18. The Hall–Kier alpha value is -0.790. The highest BCUT2D eigenvalue weighted by Crippen LogP contribution is 2.21. The van der Waals surface area contributed by atoms with E-state index in [-0.39, 0.29) is 11.9 Å². The lowest BCUT2D eigenvalue weighted by molar-refractivity contribution is -0.146. The predicted octanol–water partition coefficient (Wildman–Crippen LogP) is 15.0. The minimum atomic E-state index is 0.0230. The maximum Gasteiger partial charge on any atom is 0.308 e. The van der Waals surface area contributed by atoms with Gasteiger partial charge in [0.2, 0.25) is 0 Å². The van der Waals surface area contributed by atoms with Gasteiger partial charge >= 0.3 is 5.97 Å². The first-order chi connectivity index (χ1) is 21.8. The smallest absolute Gasteiger partial charge is 0.308 e. The molecule has 0 spiro atoms. The van der Waals surface area contributed by atoms with Crippen molar-refractivity contribution in [3.63, 3.8) is 0 Å². The molecule has 0 aliphatic rings. The summed E-state index contributed by atoms with van der Waals surface area (Å²) in [6.07, 6.45) is 52.3. The van der Waals surface area contributed by atoms with Crippen LogP contribution < -0.4 is 0 Å². The molecule has 0 rings (SSSR count). The van der Waals surface area contributed by atoms with Gasteiger partial charge in [-0.3, -0.25) is 4.79 Å². The summed E-state index contributed by atoms with van der Waals surface area (Å²) in [5.41, 5.74) is 0. The molecule has 0 bridgehead atoms. The second-order valence-corrected chi connectivity index (χ2v) is 14.1. The van der Waals surface area contributed by atoms with E-state index in [0.717, 1.165) is 12.8 Å². The lowest BCUT2D eigenvalue weighted by Gasteiger charge is -2.14. The molecule has 0 aromatic heterocycles. The Morgan fingerprint density at radius 3 is 0.955 bits per heavy atom. The first kappa shape index (κ1) is 43.2. The number of unbranched alkanes of at least 4 members (excludes halogenated alkanes) is 30. The molecule has 262 valence electrons. The van der Waals surface area contributed by atoms with E-state index in [1.54, 1.807) is 7.11 Å². The molecule has 0 saturated heterocycles. The van der Waals surface area contributed by atoms with Crippen molar-refractivity contribution in [2.24, 2.45) is 5.92 Å². The molecular formula is C42H82O2. The monoisotopic (exact) mass is 619 g/mol. The number of hydrogen-bond acceptors (Lipinski definition) is 2. The van der Waals surface area contributed by atoms with E-state index in [1.807, 2.05) is 0 Å². The fraction of sp³-hybridized carbons (Fsp3) is 0.929. The quantitative estimate of drug-likeness (QED) is 0.0393. The molecule has 1 atom stereocenters. The van der Waals surface area contributed by atoms with Crippen LogP contribution in [0.1, 0.15) is 239 Å². The summed E-state index contributed by atoms with van der Waals surface area (Å²) in [6.45, 7) is 4.57. The van der Waals surface area contributed by atoms with E-state index in [4.69, 9.17) is 4.74 Å². The summed E-state index contributed by atoms with van der Waals surface area (Å²) in [6, 6.07) is 0. The molecule has 0 aromatic rings. The second kappa shape index (κ2) is 38.4. The number of carbonyl (C=O) groups excluding carboxylic acids is 1. The minimum absolute atomic E-state index is 0.0230. The zero-order valence-corrected chi connectivity index (χ0v) is 30.8. The summed E-state index contributed by atoms with van der Waals surface area (Å²) >= 11 is 0. The summed E-state index contributed by atoms with van der Waals surface area (Å²) in [7, 11) is 1.56. The van der Waals surface area contributed by atoms with Crippen LogP contribution in [0.15, 0.2) is 12.2 Å². The summed E-state index contributed by atoms with van der Waals surface area (Å²) in [5, 5.41) is 0. The molecule has 0 aliphatic heterocycles. The van der Waals surface area contributed by atoms with Crippen molar-refractivity contribution in [2.45, 2.75) is 239 Å². The molecule has 44 heavy (non-hydrogen) atoms. The van der Waals surface area contributed by atoms with Gasteiger partial charge in [-0.2, -0.15) is 0 Å². The predicted molar refractivity (Wildman–Crippen MR) is 198 cm³/mol. The van der Waals surface area contributed by atoms with E-state index < -0.39 is 0 Å². The van der Waals surface area contributed by atoms with Crippen molar-refractivity contribution in [3.8, 4) is 0 Å². The van der Waals surface area contributed by atoms with Gasteiger partial charge < -0.3 is 4.74 Å². The third-order valence-corrected chi connectivity index (χ3v) is 9.76. The Bertz CT molecular complexity index is 568. The van der Waals surface area contributed by atoms with Gasteiger partial charge in [0.1, 0.15) is 0 Å². The van der Waals surface area contributed by atoms with Crippen LogP contribution in [0, 0.1) is 5.92 Å². The van der Waals surface area contributed by atoms with Crippen molar-refractivity contribution >= 4 is 5.97 Å². The fourth-order valence-corrected chi connectivity index (χ4v) is 6.65. The van der Waals surface area contributed by atoms with Crippen molar-refractivity contribution in [1.82, 2.24) is 0 Å². The van der Waals surface area contributed by atoms with Crippen LogP contribution in [0.2, 0.25) is 0 Å². The lowest BCUT2D eigenvalue weighted by atomic mass is 9.94. The van der Waals surface area contributed by atoms with Crippen LogP contribution in [-0.2, 0) is 9.53 Å². The molecule has 0 N–H and O–H groups in total. The summed E-state index contributed by atoms with van der Waals surface area (Å²) in [5.74, 6) is 0.146. The van der Waals surface area contributed by atoms with Crippen LogP contribution in [0.3, 0.4) is 0 Å². The minimum Gasteiger partial charge on any atom is -0.469 e. The van der Waals surface area contributed by atoms with Crippen LogP contribution >= 0.6 is 0 Å². The maximum atomic E-state index is 12.3. The Morgan fingerprint density at radius 1 is 0.409 bits per heavy atom. The van der Waals surface area contributed by atoms with Gasteiger partial charge in [0, 0.05) is 0 Å². The Balaban J connectivity index is 3.44. The second-order valence-electron chi connectivity index (χ2n) is 14.1. The van der Waals surface area contributed by atoms with E-state index >= 15 is 0 Å². The van der Waals surface area contributed by atoms with Crippen molar-refractivity contribution in [2.75, 3.05) is 7.11 Å². The maximum absolute atomic E-state index is 12.3. The molecule has 2 heteroatoms. The first-order valence-corrected chi connectivity index (χ1v) is 20.5. The van der Waals surface area contributed by atoms with Crippen molar-refractivity contribution in [3.05, 3.63) is 12.2 Å². The molecular weight excluding hydrogens is 536 g/mol. The van der Waals surface area contributed by atoms with Crippen molar-refractivity contribution in [1.29, 1.82) is 0 Å². The number of ether oxygens (including phenoxy) is 1. The van der Waals surface area contributed by atoms with Gasteiger partial charge in [0.15, 0.2) is 0 Å². The molecule has 0 aromatic carbocycles. The molecule has 0 fully saturated rings. The highest BCUT2D eigenvalue weighted by molar-refractivity contribution is 5.72. The Labute approximate surface area is 278 Å². The zero-order chi connectivity index (χ0) is 32.0. The zero-order valence-electron chi connectivity index (χ0n) is 30.8. The molecule has 0 heterocycles. The lowest BCUT2D eigenvalue weighted by Crippen LogP contribution is -2.16. The van der Waals surface area contributed by atoms with Gasteiger partial charge in [0.05, 0.1) is 13.0 Å². The number of allylic oxidation sites excluding steroid dienone is 2. The SMILES string of the molecule is CCCCCC/C=C\CCCCCCC(CCCCCCCCCCCCCCCCCCCCCCCCC)C(=O)OC. The van der Waals surface area contributed by atoms with E-state index in [2.05, 4.69) is 26.0 Å². The Morgan fingerprint density at radius 2 is 0.659 bits per heavy atom. The normalized spacial score (nSPS) is 12.3. The third-order valence-electron chi connectivity index (χ3n) is 9.76. The van der Waals surface area contributed by atoms with Crippen molar-refractivity contribution < 1.29 is 9.53 Å². The molecule has 1 unspecified atom stereocenters. The van der Waals surface area contributed by atoms with E-state index in [0.29, 0.717) is 0 Å². The van der Waals surface area contributed by atoms with Gasteiger partial charge in [-0.15, -0.1) is 0 Å². The highest BCUT2D eigenvalue weighted by atomic mass is 16.5. The molecule has 2 nitrogen and oxygen atoms in total. The molecule has 0 amide bonds. The topological polar surface area (TPSA) is 26.3 Å². The van der Waals surface area contributed by atoms with Gasteiger partial charge in [0.25, 0.3) is 0 Å². The van der Waals surface area contributed by atoms with Gasteiger partial charge in [-0.1, -0.05) is 212 Å². The largest absolute Gasteiger partial charge is 0.469 e. The van der Waals surface area contributed by atoms with Crippen LogP contribution in [0.25, 0.3) is 0 Å².